The van der Waals surface area contributed by atoms with Gasteiger partial charge >= 0.3 is 0 Å². The number of amides is 2. The molecule has 0 spiro atoms. The van der Waals surface area contributed by atoms with Gasteiger partial charge in [-0.15, -0.1) is 0 Å². The lowest BCUT2D eigenvalue weighted by atomic mass is 10.1. The summed E-state index contributed by atoms with van der Waals surface area (Å²) in [4.78, 5) is 24.3. The van der Waals surface area contributed by atoms with Crippen molar-refractivity contribution in [3.8, 4) is 5.75 Å². The SMILES string of the molecule is CCc1ccccc1NC(=O)CC(=O)Nc1cc(C)c(Cl)cc1OC. The van der Waals surface area contributed by atoms with Gasteiger partial charge in [0.05, 0.1) is 12.8 Å². The second kappa shape index (κ2) is 8.53. The van der Waals surface area contributed by atoms with E-state index in [2.05, 4.69) is 10.6 Å². The van der Waals surface area contributed by atoms with Crippen LogP contribution in [0.4, 0.5) is 11.4 Å². The fourth-order valence-electron chi connectivity index (χ4n) is 2.42. The zero-order valence-electron chi connectivity index (χ0n) is 14.5. The number of rotatable bonds is 6. The smallest absolute Gasteiger partial charge is 0.233 e. The normalized spacial score (nSPS) is 10.2. The van der Waals surface area contributed by atoms with Crippen LogP contribution in [0.2, 0.25) is 5.02 Å². The second-order valence-corrected chi connectivity index (χ2v) is 5.99. The molecule has 5 nitrogen and oxygen atoms in total. The highest BCUT2D eigenvalue weighted by atomic mass is 35.5. The van der Waals surface area contributed by atoms with Crippen LogP contribution in [0.5, 0.6) is 5.75 Å². The van der Waals surface area contributed by atoms with E-state index in [4.69, 9.17) is 16.3 Å². The topological polar surface area (TPSA) is 67.4 Å². The van der Waals surface area contributed by atoms with Crippen molar-refractivity contribution in [2.24, 2.45) is 0 Å². The Balaban J connectivity index is 2.03. The van der Waals surface area contributed by atoms with Gasteiger partial charge in [0.15, 0.2) is 0 Å². The Morgan fingerprint density at radius 2 is 1.72 bits per heavy atom. The number of carbonyl (C=O) groups excluding carboxylic acids is 2. The highest BCUT2D eigenvalue weighted by Gasteiger charge is 2.14. The molecule has 0 aliphatic heterocycles. The molecule has 132 valence electrons. The van der Waals surface area contributed by atoms with Crippen molar-refractivity contribution in [1.82, 2.24) is 0 Å². The van der Waals surface area contributed by atoms with Crippen LogP contribution >= 0.6 is 11.6 Å². The molecule has 2 N–H and O–H groups in total. The number of hydrogen-bond acceptors (Lipinski definition) is 3. The van der Waals surface area contributed by atoms with Gasteiger partial charge in [-0.25, -0.2) is 0 Å². The zero-order valence-corrected chi connectivity index (χ0v) is 15.2. The van der Waals surface area contributed by atoms with E-state index in [1.54, 1.807) is 12.1 Å². The van der Waals surface area contributed by atoms with Crippen LogP contribution in [0.15, 0.2) is 36.4 Å². The number of methoxy groups -OCH3 is 1. The molecule has 0 unspecified atom stereocenters. The molecule has 0 aliphatic carbocycles. The molecule has 0 atom stereocenters. The minimum absolute atomic E-state index is 0.289. The van der Waals surface area contributed by atoms with Crippen molar-refractivity contribution in [3.05, 3.63) is 52.5 Å². The van der Waals surface area contributed by atoms with E-state index < -0.39 is 5.91 Å². The Morgan fingerprint density at radius 1 is 1.08 bits per heavy atom. The van der Waals surface area contributed by atoms with Crippen LogP contribution in [-0.2, 0) is 16.0 Å². The molecular weight excluding hydrogens is 340 g/mol. The van der Waals surface area contributed by atoms with Gasteiger partial charge < -0.3 is 15.4 Å². The zero-order chi connectivity index (χ0) is 18.4. The molecule has 25 heavy (non-hydrogen) atoms. The fourth-order valence-corrected chi connectivity index (χ4v) is 2.57. The molecule has 0 aliphatic rings. The van der Waals surface area contributed by atoms with Gasteiger partial charge in [0, 0.05) is 16.8 Å². The molecule has 0 heterocycles. The maximum absolute atomic E-state index is 12.2. The minimum Gasteiger partial charge on any atom is -0.495 e. The van der Waals surface area contributed by atoms with E-state index in [1.807, 2.05) is 38.1 Å². The third kappa shape index (κ3) is 4.97. The predicted octanol–water partition coefficient (Wildman–Crippen LogP) is 4.19. The molecule has 2 rings (SSSR count). The van der Waals surface area contributed by atoms with Gasteiger partial charge in [-0.05, 0) is 36.6 Å². The summed E-state index contributed by atoms with van der Waals surface area (Å²) in [5, 5.41) is 6.01. The molecule has 0 bridgehead atoms. The largest absolute Gasteiger partial charge is 0.495 e. The summed E-state index contributed by atoms with van der Waals surface area (Å²) in [7, 11) is 1.49. The molecule has 0 saturated carbocycles. The lowest BCUT2D eigenvalue weighted by Crippen LogP contribution is -2.22. The molecule has 2 aromatic rings. The van der Waals surface area contributed by atoms with Gasteiger partial charge in [-0.2, -0.15) is 0 Å². The number of para-hydroxylation sites is 1. The lowest BCUT2D eigenvalue weighted by Gasteiger charge is -2.13. The quantitative estimate of drug-likeness (QED) is 0.759. The lowest BCUT2D eigenvalue weighted by molar-refractivity contribution is -0.123. The summed E-state index contributed by atoms with van der Waals surface area (Å²) in [6.07, 6.45) is 0.507. The van der Waals surface area contributed by atoms with Crippen molar-refractivity contribution in [1.29, 1.82) is 0 Å². The number of ether oxygens (including phenoxy) is 1. The maximum atomic E-state index is 12.2. The summed E-state index contributed by atoms with van der Waals surface area (Å²) < 4.78 is 5.21. The molecular formula is C19H21ClN2O3. The minimum atomic E-state index is -0.425. The first-order chi connectivity index (χ1) is 11.9. The van der Waals surface area contributed by atoms with Crippen LogP contribution in [0.3, 0.4) is 0 Å². The molecule has 2 amide bonds. The average molecular weight is 361 g/mol. The van der Waals surface area contributed by atoms with E-state index in [0.29, 0.717) is 16.5 Å². The molecule has 2 aromatic carbocycles. The van der Waals surface area contributed by atoms with E-state index in [1.165, 1.54) is 7.11 Å². The summed E-state index contributed by atoms with van der Waals surface area (Å²) in [6.45, 7) is 3.83. The Hall–Kier alpha value is -2.53. The first-order valence-corrected chi connectivity index (χ1v) is 8.34. The van der Waals surface area contributed by atoms with E-state index in [-0.39, 0.29) is 12.3 Å². The average Bonchev–Trinajstić information content (AvgIpc) is 2.58. The Bertz CT molecular complexity index is 790. The molecule has 0 saturated heterocycles. The van der Waals surface area contributed by atoms with Gasteiger partial charge in [-0.3, -0.25) is 9.59 Å². The Kier molecular flexibility index (Phi) is 6.42. The monoisotopic (exact) mass is 360 g/mol. The molecule has 0 fully saturated rings. The summed E-state index contributed by atoms with van der Waals surface area (Å²) in [6, 6.07) is 10.9. The Labute approximate surface area is 152 Å². The van der Waals surface area contributed by atoms with Crippen molar-refractivity contribution >= 4 is 34.8 Å². The van der Waals surface area contributed by atoms with Crippen molar-refractivity contribution in [2.45, 2.75) is 26.7 Å². The number of nitrogens with one attached hydrogen (secondary N) is 2. The molecule has 0 aromatic heterocycles. The van der Waals surface area contributed by atoms with Crippen LogP contribution < -0.4 is 15.4 Å². The second-order valence-electron chi connectivity index (χ2n) is 5.59. The highest BCUT2D eigenvalue weighted by Crippen LogP contribution is 2.31. The van der Waals surface area contributed by atoms with Crippen molar-refractivity contribution in [2.75, 3.05) is 17.7 Å². The summed E-state index contributed by atoms with van der Waals surface area (Å²) in [5.74, 6) is -0.352. The number of aryl methyl sites for hydroxylation is 2. The van der Waals surface area contributed by atoms with E-state index in [0.717, 1.165) is 23.2 Å². The van der Waals surface area contributed by atoms with Gasteiger partial charge in [0.25, 0.3) is 0 Å². The first-order valence-electron chi connectivity index (χ1n) is 7.96. The third-order valence-electron chi connectivity index (χ3n) is 3.75. The van der Waals surface area contributed by atoms with Gasteiger partial charge in [-0.1, -0.05) is 36.7 Å². The number of hydrogen-bond donors (Lipinski definition) is 2. The highest BCUT2D eigenvalue weighted by molar-refractivity contribution is 6.31. The predicted molar refractivity (Wildman–Crippen MR) is 100 cm³/mol. The maximum Gasteiger partial charge on any atom is 0.233 e. The van der Waals surface area contributed by atoms with Gasteiger partial charge in [0.1, 0.15) is 12.2 Å². The van der Waals surface area contributed by atoms with Crippen molar-refractivity contribution < 1.29 is 14.3 Å². The third-order valence-corrected chi connectivity index (χ3v) is 4.16. The number of anilines is 2. The van der Waals surface area contributed by atoms with Crippen LogP contribution in [-0.4, -0.2) is 18.9 Å². The van der Waals surface area contributed by atoms with Gasteiger partial charge in [0.2, 0.25) is 11.8 Å². The van der Waals surface area contributed by atoms with E-state index in [9.17, 15) is 9.59 Å². The standard InChI is InChI=1S/C19H21ClN2O3/c1-4-13-7-5-6-8-15(13)21-18(23)11-19(24)22-16-9-12(2)14(20)10-17(16)25-3/h5-10H,4,11H2,1-3H3,(H,21,23)(H,22,24). The summed E-state index contributed by atoms with van der Waals surface area (Å²) in [5.41, 5.74) is 3.03. The molecule has 6 heteroatoms. The number of halogens is 1. The van der Waals surface area contributed by atoms with Crippen molar-refractivity contribution in [3.63, 3.8) is 0 Å². The van der Waals surface area contributed by atoms with Crippen LogP contribution in [0.1, 0.15) is 24.5 Å². The Morgan fingerprint density at radius 3 is 2.36 bits per heavy atom. The number of benzene rings is 2. The van der Waals surface area contributed by atoms with Crippen LogP contribution in [0, 0.1) is 6.92 Å². The van der Waals surface area contributed by atoms with Crippen LogP contribution in [0.25, 0.3) is 0 Å². The first kappa shape index (κ1) is 18.8. The van der Waals surface area contributed by atoms with E-state index >= 15 is 0 Å². The summed E-state index contributed by atoms with van der Waals surface area (Å²) >= 11 is 6.05. The number of carbonyl (C=O) groups is 2. The fraction of sp³-hybridized carbons (Fsp3) is 0.263. The molecule has 0 radical (unpaired) electrons.